The molecule has 2 aromatic heterocycles. The molecule has 1 aliphatic heterocycles. The average Bonchev–Trinajstić information content (AvgIpc) is 2.87. The summed E-state index contributed by atoms with van der Waals surface area (Å²) in [6.45, 7) is 4.38. The third-order valence-electron chi connectivity index (χ3n) is 3.96. The molecule has 2 atom stereocenters. The predicted molar refractivity (Wildman–Crippen MR) is 72.7 cm³/mol. The quantitative estimate of drug-likeness (QED) is 0.839. The second kappa shape index (κ2) is 4.57. The van der Waals surface area contributed by atoms with Gasteiger partial charge in [0.05, 0.1) is 5.39 Å². The molecule has 2 N–H and O–H groups in total. The van der Waals surface area contributed by atoms with Crippen LogP contribution in [-0.2, 0) is 0 Å². The molecule has 1 fully saturated rings. The number of rotatable bonds is 2. The van der Waals surface area contributed by atoms with Crippen LogP contribution in [0.2, 0.25) is 0 Å². The van der Waals surface area contributed by atoms with Gasteiger partial charge >= 0.3 is 0 Å². The smallest absolute Gasteiger partial charge is 0.142 e. The Balaban J connectivity index is 1.93. The minimum Gasteiger partial charge on any atom is -0.354 e. The van der Waals surface area contributed by atoms with E-state index in [0.29, 0.717) is 6.04 Å². The van der Waals surface area contributed by atoms with Gasteiger partial charge in [-0.2, -0.15) is 0 Å². The summed E-state index contributed by atoms with van der Waals surface area (Å²) in [4.78, 5) is 14.2. The zero-order valence-corrected chi connectivity index (χ0v) is 10.8. The van der Waals surface area contributed by atoms with E-state index in [-0.39, 0.29) is 0 Å². The van der Waals surface area contributed by atoms with Crippen LogP contribution in [0.5, 0.6) is 0 Å². The maximum Gasteiger partial charge on any atom is 0.142 e. The van der Waals surface area contributed by atoms with Crippen LogP contribution in [0.25, 0.3) is 11.0 Å². The highest BCUT2D eigenvalue weighted by atomic mass is 15.2. The van der Waals surface area contributed by atoms with Crippen LogP contribution in [0.4, 0.5) is 5.82 Å². The Morgan fingerprint density at radius 2 is 2.33 bits per heavy atom. The van der Waals surface area contributed by atoms with Crippen molar-refractivity contribution < 1.29 is 0 Å². The number of H-pyrrole nitrogens is 1. The van der Waals surface area contributed by atoms with Crippen LogP contribution < -0.4 is 10.2 Å². The average molecular weight is 245 g/mol. The molecule has 96 valence electrons. The lowest BCUT2D eigenvalue weighted by Gasteiger charge is -2.37. The van der Waals surface area contributed by atoms with E-state index in [1.807, 2.05) is 13.2 Å². The van der Waals surface area contributed by atoms with Gasteiger partial charge in [0.15, 0.2) is 0 Å². The van der Waals surface area contributed by atoms with E-state index in [9.17, 15) is 0 Å². The van der Waals surface area contributed by atoms with Crippen molar-refractivity contribution in [3.05, 3.63) is 18.6 Å². The predicted octanol–water partition coefficient (Wildman–Crippen LogP) is 1.39. The Hall–Kier alpha value is -1.62. The maximum absolute atomic E-state index is 4.46. The van der Waals surface area contributed by atoms with Gasteiger partial charge in [0, 0.05) is 25.3 Å². The van der Waals surface area contributed by atoms with Crippen molar-refractivity contribution >= 4 is 16.9 Å². The number of fused-ring (bicyclic) bond motifs is 1. The van der Waals surface area contributed by atoms with E-state index in [1.165, 1.54) is 6.42 Å². The van der Waals surface area contributed by atoms with Gasteiger partial charge in [-0.15, -0.1) is 0 Å². The summed E-state index contributed by atoms with van der Waals surface area (Å²) < 4.78 is 0. The molecule has 3 heterocycles. The normalized spacial score (nSPS) is 24.7. The second-order valence-electron chi connectivity index (χ2n) is 5.04. The number of hydrogen-bond donors (Lipinski definition) is 2. The minimum atomic E-state index is 0.530. The van der Waals surface area contributed by atoms with E-state index in [0.717, 1.165) is 35.9 Å². The van der Waals surface area contributed by atoms with Crippen molar-refractivity contribution in [2.24, 2.45) is 5.92 Å². The molecule has 2 aromatic rings. The molecule has 1 saturated heterocycles. The van der Waals surface area contributed by atoms with Crippen molar-refractivity contribution in [1.29, 1.82) is 0 Å². The first kappa shape index (κ1) is 11.5. The summed E-state index contributed by atoms with van der Waals surface area (Å²) in [7, 11) is 2.04. The van der Waals surface area contributed by atoms with Crippen LogP contribution >= 0.6 is 0 Å². The first-order valence-electron chi connectivity index (χ1n) is 6.50. The van der Waals surface area contributed by atoms with Crippen molar-refractivity contribution in [3.8, 4) is 0 Å². The number of nitrogens with one attached hydrogen (secondary N) is 2. The topological polar surface area (TPSA) is 56.8 Å². The van der Waals surface area contributed by atoms with E-state index in [4.69, 9.17) is 0 Å². The Morgan fingerprint density at radius 3 is 3.17 bits per heavy atom. The number of likely N-dealkylation sites (N-methyl/N-ethyl adjacent to an activating group) is 1. The van der Waals surface area contributed by atoms with Gasteiger partial charge in [-0.1, -0.05) is 6.92 Å². The van der Waals surface area contributed by atoms with Crippen LogP contribution in [0.15, 0.2) is 18.6 Å². The monoisotopic (exact) mass is 245 g/mol. The summed E-state index contributed by atoms with van der Waals surface area (Å²) in [6, 6.07) is 2.58. The maximum atomic E-state index is 4.46. The molecule has 1 aliphatic rings. The first-order chi connectivity index (χ1) is 8.79. The molecule has 0 aliphatic carbocycles. The molecule has 5 nitrogen and oxygen atoms in total. The van der Waals surface area contributed by atoms with E-state index in [1.54, 1.807) is 6.33 Å². The first-order valence-corrected chi connectivity index (χ1v) is 6.50. The molecule has 5 heteroatoms. The summed E-state index contributed by atoms with van der Waals surface area (Å²) in [6.07, 6.45) is 4.76. The zero-order chi connectivity index (χ0) is 12.5. The number of aromatic nitrogens is 3. The highest BCUT2D eigenvalue weighted by molar-refractivity contribution is 5.87. The van der Waals surface area contributed by atoms with Gasteiger partial charge in [-0.05, 0) is 25.5 Å². The fraction of sp³-hybridized carbons (Fsp3) is 0.538. The van der Waals surface area contributed by atoms with Crippen molar-refractivity contribution in [2.75, 3.05) is 25.0 Å². The van der Waals surface area contributed by atoms with Crippen molar-refractivity contribution in [3.63, 3.8) is 0 Å². The number of anilines is 1. The van der Waals surface area contributed by atoms with Crippen LogP contribution in [0.1, 0.15) is 13.3 Å². The Morgan fingerprint density at radius 1 is 1.44 bits per heavy atom. The molecule has 0 radical (unpaired) electrons. The number of hydrogen-bond acceptors (Lipinski definition) is 4. The highest BCUT2D eigenvalue weighted by Gasteiger charge is 2.26. The molecule has 3 rings (SSSR count). The molecule has 18 heavy (non-hydrogen) atoms. The molecule has 0 bridgehead atoms. The van der Waals surface area contributed by atoms with Crippen LogP contribution in [0, 0.1) is 5.92 Å². The van der Waals surface area contributed by atoms with Gasteiger partial charge in [0.2, 0.25) is 0 Å². The van der Waals surface area contributed by atoms with E-state index in [2.05, 4.69) is 38.2 Å². The fourth-order valence-corrected chi connectivity index (χ4v) is 2.75. The highest BCUT2D eigenvalue weighted by Crippen LogP contribution is 2.26. The SMILES string of the molecule is CN[C@H]1CN(c2ncnc3[nH]ccc23)CC[C@H]1C. The summed E-state index contributed by atoms with van der Waals surface area (Å²) in [5, 5.41) is 4.52. The second-order valence-corrected chi connectivity index (χ2v) is 5.04. The number of piperidine rings is 1. The zero-order valence-electron chi connectivity index (χ0n) is 10.8. The fourth-order valence-electron chi connectivity index (χ4n) is 2.75. The molecule has 0 amide bonds. The summed E-state index contributed by atoms with van der Waals surface area (Å²) in [5.74, 6) is 1.77. The molecule has 0 aromatic carbocycles. The van der Waals surface area contributed by atoms with Gasteiger partial charge in [-0.25, -0.2) is 9.97 Å². The summed E-state index contributed by atoms with van der Waals surface area (Å²) in [5.41, 5.74) is 0.916. The molecule has 0 saturated carbocycles. The lowest BCUT2D eigenvalue weighted by atomic mass is 9.93. The number of nitrogens with zero attached hydrogens (tertiary/aromatic N) is 3. The molecular weight excluding hydrogens is 226 g/mol. The standard InChI is InChI=1S/C13H19N5/c1-9-4-6-18(7-11(9)14-2)13-10-3-5-15-12(10)16-8-17-13/h3,5,8-9,11,14H,4,6-7H2,1-2H3,(H,15,16,17)/t9-,11+/m1/s1. The van der Waals surface area contributed by atoms with Crippen molar-refractivity contribution in [2.45, 2.75) is 19.4 Å². The van der Waals surface area contributed by atoms with Crippen LogP contribution in [-0.4, -0.2) is 41.1 Å². The van der Waals surface area contributed by atoms with Gasteiger partial charge < -0.3 is 15.2 Å². The van der Waals surface area contributed by atoms with Gasteiger partial charge in [-0.3, -0.25) is 0 Å². The van der Waals surface area contributed by atoms with Gasteiger partial charge in [0.1, 0.15) is 17.8 Å². The van der Waals surface area contributed by atoms with E-state index >= 15 is 0 Å². The molecule has 0 spiro atoms. The largest absolute Gasteiger partial charge is 0.354 e. The third kappa shape index (κ3) is 1.84. The van der Waals surface area contributed by atoms with E-state index < -0.39 is 0 Å². The Labute approximate surface area is 107 Å². The van der Waals surface area contributed by atoms with Crippen molar-refractivity contribution in [1.82, 2.24) is 20.3 Å². The van der Waals surface area contributed by atoms with Gasteiger partial charge in [0.25, 0.3) is 0 Å². The third-order valence-corrected chi connectivity index (χ3v) is 3.96. The summed E-state index contributed by atoms with van der Waals surface area (Å²) >= 11 is 0. The Bertz CT molecular complexity index is 535. The number of aromatic amines is 1. The molecule has 0 unspecified atom stereocenters. The molecular formula is C13H19N5. The lowest BCUT2D eigenvalue weighted by molar-refractivity contribution is 0.337. The Kier molecular flexibility index (Phi) is 2.91. The van der Waals surface area contributed by atoms with Crippen LogP contribution in [0.3, 0.4) is 0 Å². The lowest BCUT2D eigenvalue weighted by Crippen LogP contribution is -2.49. The minimum absolute atomic E-state index is 0.530.